The quantitative estimate of drug-likeness (QED) is 0.254. The molecule has 226 valence electrons. The monoisotopic (exact) mass is 587 g/mol. The maximum absolute atomic E-state index is 12.1. The summed E-state index contributed by atoms with van der Waals surface area (Å²) >= 11 is 0. The zero-order chi connectivity index (χ0) is 31.1. The molecule has 43 heavy (non-hydrogen) atoms. The lowest BCUT2D eigenvalue weighted by Crippen LogP contribution is -2.47. The van der Waals surface area contributed by atoms with Crippen LogP contribution < -0.4 is 14.9 Å². The van der Waals surface area contributed by atoms with Crippen LogP contribution in [0, 0.1) is 20.8 Å². The highest BCUT2D eigenvalue weighted by atomic mass is 16.6. The third kappa shape index (κ3) is 8.61. The van der Waals surface area contributed by atoms with Crippen LogP contribution in [0.3, 0.4) is 0 Å². The van der Waals surface area contributed by atoms with Gasteiger partial charge in [0.15, 0.2) is 0 Å². The highest BCUT2D eigenvalue weighted by Crippen LogP contribution is 2.34. The Labute approximate surface area is 253 Å². The summed E-state index contributed by atoms with van der Waals surface area (Å²) < 4.78 is 27.9. The summed E-state index contributed by atoms with van der Waals surface area (Å²) in [5.41, 5.74) is 7.19. The van der Waals surface area contributed by atoms with E-state index in [1.54, 1.807) is 36.2 Å². The molecule has 0 aliphatic carbocycles. The van der Waals surface area contributed by atoms with Crippen molar-refractivity contribution in [3.63, 3.8) is 0 Å². The van der Waals surface area contributed by atoms with Gasteiger partial charge in [0.1, 0.15) is 24.2 Å². The van der Waals surface area contributed by atoms with Crippen LogP contribution in [0.4, 0.5) is 0 Å². The smallest absolute Gasteiger partial charge is 0.494 e. The third-order valence-corrected chi connectivity index (χ3v) is 7.20. The van der Waals surface area contributed by atoms with E-state index in [9.17, 15) is 14.4 Å². The number of hydrogen-bond acceptors (Lipinski definition) is 9. The Morgan fingerprint density at radius 1 is 0.930 bits per heavy atom. The largest absolute Gasteiger partial charge is 0.636 e. The van der Waals surface area contributed by atoms with Crippen molar-refractivity contribution in [2.45, 2.75) is 53.8 Å². The van der Waals surface area contributed by atoms with Crippen LogP contribution in [-0.4, -0.2) is 62.8 Å². The second-order valence-corrected chi connectivity index (χ2v) is 10.9. The van der Waals surface area contributed by atoms with E-state index >= 15 is 0 Å². The van der Waals surface area contributed by atoms with Crippen LogP contribution in [0.1, 0.15) is 42.5 Å². The van der Waals surface area contributed by atoms with Crippen molar-refractivity contribution < 1.29 is 37.9 Å². The molecule has 1 aliphatic heterocycles. The fraction of sp³-hybridized carbons (Fsp3) is 0.364. The second kappa shape index (κ2) is 14.2. The average molecular weight is 587 g/mol. The Hall–Kier alpha value is -4.31. The summed E-state index contributed by atoms with van der Waals surface area (Å²) in [6, 6.07) is 17.2. The summed E-state index contributed by atoms with van der Waals surface area (Å²) in [7, 11) is 0.564. The molecule has 10 heteroatoms. The number of hydrogen-bond donors (Lipinski definition) is 0. The summed E-state index contributed by atoms with van der Waals surface area (Å²) in [6.45, 7) is 10.3. The number of aryl methyl sites for hydroxylation is 2. The number of carbonyl (C=O) groups is 3. The van der Waals surface area contributed by atoms with Gasteiger partial charge in [0.25, 0.3) is 0 Å². The third-order valence-electron chi connectivity index (χ3n) is 7.20. The second-order valence-electron chi connectivity index (χ2n) is 10.9. The first-order valence-electron chi connectivity index (χ1n) is 14.3. The minimum atomic E-state index is -1.09. The molecule has 3 aromatic carbocycles. The maximum atomic E-state index is 12.1. The first kappa shape index (κ1) is 31.6. The Balaban J connectivity index is 1.41. The Kier molecular flexibility index (Phi) is 10.5. The molecule has 0 radical (unpaired) electrons. The molecule has 4 rings (SSSR count). The van der Waals surface area contributed by atoms with Crippen molar-refractivity contribution >= 4 is 30.5 Å². The summed E-state index contributed by atoms with van der Waals surface area (Å²) in [5, 5.41) is 0. The molecule has 1 aliphatic rings. The minimum Gasteiger partial charge on any atom is -0.494 e. The first-order valence-corrected chi connectivity index (χ1v) is 14.3. The number of ether oxygens (including phenoxy) is 3. The lowest BCUT2D eigenvalue weighted by Gasteiger charge is -2.22. The number of benzene rings is 3. The van der Waals surface area contributed by atoms with Crippen LogP contribution in [0.15, 0.2) is 54.6 Å². The molecule has 9 nitrogen and oxygen atoms in total. The predicted molar refractivity (Wildman–Crippen MR) is 163 cm³/mol. The Morgan fingerprint density at radius 2 is 1.56 bits per heavy atom. The topological polar surface area (TPSA) is 101 Å². The fourth-order valence-electron chi connectivity index (χ4n) is 5.08. The Morgan fingerprint density at radius 3 is 2.16 bits per heavy atom. The first-order chi connectivity index (χ1) is 20.5. The summed E-state index contributed by atoms with van der Waals surface area (Å²) in [6.07, 6.45) is 0.417. The molecular formula is C33H38BNO8. The molecule has 1 heterocycles. The fourth-order valence-corrected chi connectivity index (χ4v) is 5.08. The van der Waals surface area contributed by atoms with Crippen LogP contribution in [-0.2, 0) is 35.0 Å². The van der Waals surface area contributed by atoms with Gasteiger partial charge in [-0.05, 0) is 92.4 Å². The van der Waals surface area contributed by atoms with Crippen molar-refractivity contribution in [2.24, 2.45) is 0 Å². The van der Waals surface area contributed by atoms with Gasteiger partial charge < -0.3 is 23.5 Å². The van der Waals surface area contributed by atoms with Crippen molar-refractivity contribution in [3.05, 3.63) is 76.9 Å². The van der Waals surface area contributed by atoms with E-state index in [4.69, 9.17) is 23.5 Å². The average Bonchev–Trinajstić information content (AvgIpc) is 2.91. The van der Waals surface area contributed by atoms with E-state index in [1.165, 1.54) is 6.92 Å². The SMILES string of the molecule is CC(=O)O[C@@H](C)CCOc1cc(C)c(-c2cccc(COc3ccc(B4OC(=O)CN(C)CC(=O)O4)cc3)c2C)c(C)c1. The van der Waals surface area contributed by atoms with Crippen LogP contribution >= 0.6 is 0 Å². The normalized spacial score (nSPS) is 14.7. The van der Waals surface area contributed by atoms with Gasteiger partial charge in [-0.1, -0.05) is 30.3 Å². The molecule has 3 aromatic rings. The van der Waals surface area contributed by atoms with Gasteiger partial charge in [0, 0.05) is 18.8 Å². The Bertz CT molecular complexity index is 1430. The van der Waals surface area contributed by atoms with Crippen molar-refractivity contribution in [2.75, 3.05) is 26.7 Å². The van der Waals surface area contributed by atoms with E-state index in [0.717, 1.165) is 39.1 Å². The predicted octanol–water partition coefficient (Wildman–Crippen LogP) is 4.31. The number of rotatable bonds is 10. The molecule has 0 amide bonds. The van der Waals surface area contributed by atoms with Gasteiger partial charge in [-0.3, -0.25) is 19.3 Å². The van der Waals surface area contributed by atoms with Crippen LogP contribution in [0.25, 0.3) is 11.1 Å². The van der Waals surface area contributed by atoms with E-state index in [-0.39, 0.29) is 25.2 Å². The molecule has 1 atom stereocenters. The van der Waals surface area contributed by atoms with Crippen molar-refractivity contribution in [3.8, 4) is 22.6 Å². The number of likely N-dealkylation sites (N-methyl/N-ethyl adjacent to an activating group) is 1. The molecule has 0 spiro atoms. The summed E-state index contributed by atoms with van der Waals surface area (Å²) in [5.74, 6) is 0.198. The van der Waals surface area contributed by atoms with Crippen molar-refractivity contribution in [1.29, 1.82) is 0 Å². The lowest BCUT2D eigenvalue weighted by atomic mass is 9.78. The highest BCUT2D eigenvalue weighted by Gasteiger charge is 2.33. The van der Waals surface area contributed by atoms with Gasteiger partial charge in [0.2, 0.25) is 0 Å². The molecule has 0 unspecified atom stereocenters. The van der Waals surface area contributed by atoms with E-state index in [2.05, 4.69) is 26.8 Å². The highest BCUT2D eigenvalue weighted by molar-refractivity contribution is 6.64. The molecular weight excluding hydrogens is 549 g/mol. The number of nitrogens with zero attached hydrogens (tertiary/aromatic N) is 1. The zero-order valence-corrected chi connectivity index (χ0v) is 25.6. The summed E-state index contributed by atoms with van der Waals surface area (Å²) in [4.78, 5) is 36.8. The van der Waals surface area contributed by atoms with Gasteiger partial charge in [0.05, 0.1) is 19.7 Å². The molecule has 0 aromatic heterocycles. The number of esters is 1. The van der Waals surface area contributed by atoms with E-state index in [0.29, 0.717) is 30.8 Å². The zero-order valence-electron chi connectivity index (χ0n) is 25.6. The van der Waals surface area contributed by atoms with Crippen LogP contribution in [0.2, 0.25) is 0 Å². The molecule has 0 N–H and O–H groups in total. The van der Waals surface area contributed by atoms with Crippen molar-refractivity contribution in [1.82, 2.24) is 4.90 Å². The van der Waals surface area contributed by atoms with E-state index < -0.39 is 19.1 Å². The number of carbonyl (C=O) groups excluding carboxylic acids is 3. The van der Waals surface area contributed by atoms with Gasteiger partial charge in [-0.2, -0.15) is 0 Å². The van der Waals surface area contributed by atoms with Gasteiger partial charge in [-0.15, -0.1) is 0 Å². The standard InChI is InChI=1S/C33H38BNO8/c1-21-16-29(39-15-14-23(3)41-25(5)36)17-22(2)33(21)30-9-7-8-26(24(30)4)20-40-28-12-10-27(11-13-28)34-42-31(37)18-35(6)19-32(38)43-34/h7-13,16-17,23H,14-15,18-20H2,1-6H3/t23-/m0/s1. The van der Waals surface area contributed by atoms with E-state index in [1.807, 2.05) is 31.2 Å². The van der Waals surface area contributed by atoms with Gasteiger partial charge in [-0.25, -0.2) is 0 Å². The molecule has 1 saturated heterocycles. The minimum absolute atomic E-state index is 0.0144. The molecule has 0 saturated carbocycles. The molecule has 0 bridgehead atoms. The van der Waals surface area contributed by atoms with Gasteiger partial charge >= 0.3 is 25.0 Å². The maximum Gasteiger partial charge on any atom is 0.636 e. The molecule has 1 fully saturated rings. The van der Waals surface area contributed by atoms with Crippen LogP contribution in [0.5, 0.6) is 11.5 Å². The lowest BCUT2D eigenvalue weighted by molar-refractivity contribution is -0.147.